The smallest absolute Gasteiger partial charge is 0.355 e. The Bertz CT molecular complexity index is 836. The van der Waals surface area contributed by atoms with Gasteiger partial charge in [0.05, 0.1) is 12.1 Å². The molecule has 0 saturated heterocycles. The number of hydrogen-bond acceptors (Lipinski definition) is 3. The molecular formula is C18H22F3IN6. The molecule has 1 aromatic carbocycles. The number of hydrogen-bond donors (Lipinski definition) is 2. The average molecular weight is 506 g/mol. The predicted molar refractivity (Wildman–Crippen MR) is 113 cm³/mol. The summed E-state index contributed by atoms with van der Waals surface area (Å²) in [6.45, 7) is 3.57. The van der Waals surface area contributed by atoms with Gasteiger partial charge < -0.3 is 15.2 Å². The first kappa shape index (κ1) is 23.7. The molecule has 0 fully saturated rings. The second-order valence-electron chi connectivity index (χ2n) is 5.53. The molecule has 0 spiro atoms. The molecule has 2 rings (SSSR count). The van der Waals surface area contributed by atoms with Gasteiger partial charge in [0.15, 0.2) is 5.96 Å². The molecule has 0 aliphatic rings. The summed E-state index contributed by atoms with van der Waals surface area (Å²) in [6.07, 6.45) is -1.89. The lowest BCUT2D eigenvalue weighted by atomic mass is 10.1. The number of halogens is 4. The molecule has 0 radical (unpaired) electrons. The van der Waals surface area contributed by atoms with Crippen molar-refractivity contribution >= 4 is 29.9 Å². The van der Waals surface area contributed by atoms with Crippen molar-refractivity contribution in [3.63, 3.8) is 0 Å². The quantitative estimate of drug-likeness (QED) is 0.284. The molecular weight excluding hydrogens is 484 g/mol. The molecule has 0 amide bonds. The van der Waals surface area contributed by atoms with Gasteiger partial charge in [-0.3, -0.25) is 4.99 Å². The fourth-order valence-electron chi connectivity index (χ4n) is 2.30. The van der Waals surface area contributed by atoms with E-state index in [0.717, 1.165) is 24.4 Å². The highest BCUT2D eigenvalue weighted by molar-refractivity contribution is 14.0. The van der Waals surface area contributed by atoms with Gasteiger partial charge in [-0.25, -0.2) is 0 Å². The van der Waals surface area contributed by atoms with Gasteiger partial charge in [-0.15, -0.1) is 34.2 Å². The second-order valence-corrected chi connectivity index (χ2v) is 5.53. The van der Waals surface area contributed by atoms with Gasteiger partial charge in [-0.1, -0.05) is 24.8 Å². The van der Waals surface area contributed by atoms with Crippen LogP contribution < -0.4 is 10.6 Å². The maximum absolute atomic E-state index is 12.7. The normalized spacial score (nSPS) is 11.2. The van der Waals surface area contributed by atoms with E-state index in [1.807, 2.05) is 11.5 Å². The largest absolute Gasteiger partial charge is 0.416 e. The van der Waals surface area contributed by atoms with Gasteiger partial charge >= 0.3 is 6.18 Å². The third-order valence-electron chi connectivity index (χ3n) is 3.65. The second kappa shape index (κ2) is 11.5. The SMILES string of the molecule is CCc1nncn1CCNC(=NC)NCC#Cc1cccc(C(F)(F)F)c1.I. The van der Waals surface area contributed by atoms with E-state index >= 15 is 0 Å². The molecule has 2 aromatic rings. The third kappa shape index (κ3) is 7.38. The molecule has 0 atom stereocenters. The van der Waals surface area contributed by atoms with E-state index in [0.29, 0.717) is 24.6 Å². The van der Waals surface area contributed by atoms with Crippen LogP contribution >= 0.6 is 24.0 Å². The standard InChI is InChI=1S/C18H21F3N6.HI/c1-3-16-26-25-13-27(16)11-10-24-17(22-2)23-9-5-7-14-6-4-8-15(12-14)18(19,20)21;/h4,6,8,12-13H,3,9-11H2,1-2H3,(H2,22,23,24);1H. The number of aliphatic imine (C=N–C) groups is 1. The summed E-state index contributed by atoms with van der Waals surface area (Å²) in [4.78, 5) is 4.08. The van der Waals surface area contributed by atoms with Crippen molar-refractivity contribution in [2.75, 3.05) is 20.1 Å². The number of aromatic nitrogens is 3. The van der Waals surface area contributed by atoms with Crippen molar-refractivity contribution in [3.05, 3.63) is 47.5 Å². The minimum atomic E-state index is -4.37. The highest BCUT2D eigenvalue weighted by atomic mass is 127. The molecule has 1 aromatic heterocycles. The molecule has 1 heterocycles. The van der Waals surface area contributed by atoms with Crippen LogP contribution in [-0.2, 0) is 19.1 Å². The summed E-state index contributed by atoms with van der Waals surface area (Å²) in [5, 5.41) is 14.0. The number of rotatable bonds is 5. The summed E-state index contributed by atoms with van der Waals surface area (Å²) < 4.78 is 40.0. The van der Waals surface area contributed by atoms with Crippen LogP contribution in [0.1, 0.15) is 23.9 Å². The number of nitrogens with one attached hydrogen (secondary N) is 2. The Morgan fingerprint density at radius 2 is 2.07 bits per heavy atom. The highest BCUT2D eigenvalue weighted by Crippen LogP contribution is 2.29. The van der Waals surface area contributed by atoms with Crippen LogP contribution in [0.2, 0.25) is 0 Å². The topological polar surface area (TPSA) is 67.1 Å². The van der Waals surface area contributed by atoms with Crippen molar-refractivity contribution in [3.8, 4) is 11.8 Å². The Balaban J connectivity index is 0.00000392. The zero-order valence-electron chi connectivity index (χ0n) is 15.5. The summed E-state index contributed by atoms with van der Waals surface area (Å²) in [5.74, 6) is 6.97. The monoisotopic (exact) mass is 506 g/mol. The average Bonchev–Trinajstić information content (AvgIpc) is 3.10. The number of nitrogens with zero attached hydrogens (tertiary/aromatic N) is 4. The summed E-state index contributed by atoms with van der Waals surface area (Å²) in [5.41, 5.74) is -0.394. The molecule has 0 aliphatic heterocycles. The Kier molecular flexibility index (Phi) is 9.78. The number of alkyl halides is 3. The molecule has 10 heteroatoms. The van der Waals surface area contributed by atoms with Crippen LogP contribution in [-0.4, -0.2) is 40.9 Å². The molecule has 0 bridgehead atoms. The van der Waals surface area contributed by atoms with Crippen LogP contribution in [0.5, 0.6) is 0 Å². The first-order chi connectivity index (χ1) is 12.9. The maximum Gasteiger partial charge on any atom is 0.416 e. The minimum Gasteiger partial charge on any atom is -0.355 e. The summed E-state index contributed by atoms with van der Waals surface area (Å²) >= 11 is 0. The zero-order chi connectivity index (χ0) is 19.7. The molecule has 0 aliphatic carbocycles. The van der Waals surface area contributed by atoms with Gasteiger partial charge in [-0.05, 0) is 18.2 Å². The minimum absolute atomic E-state index is 0. The van der Waals surface area contributed by atoms with Crippen LogP contribution in [0, 0.1) is 11.8 Å². The van der Waals surface area contributed by atoms with Crippen molar-refractivity contribution < 1.29 is 13.2 Å². The van der Waals surface area contributed by atoms with E-state index in [1.165, 1.54) is 6.07 Å². The number of aryl methyl sites for hydroxylation is 1. The van der Waals surface area contributed by atoms with Crippen LogP contribution in [0.15, 0.2) is 35.6 Å². The molecule has 0 saturated carbocycles. The van der Waals surface area contributed by atoms with Crippen molar-refractivity contribution in [2.24, 2.45) is 4.99 Å². The Hall–Kier alpha value is -2.29. The fourth-order valence-corrected chi connectivity index (χ4v) is 2.30. The van der Waals surface area contributed by atoms with Crippen LogP contribution in [0.4, 0.5) is 13.2 Å². The fraction of sp³-hybridized carbons (Fsp3) is 0.389. The van der Waals surface area contributed by atoms with Gasteiger partial charge in [-0.2, -0.15) is 13.2 Å². The van der Waals surface area contributed by atoms with E-state index in [4.69, 9.17) is 0 Å². The summed E-state index contributed by atoms with van der Waals surface area (Å²) in [6, 6.07) is 4.94. The van der Waals surface area contributed by atoms with E-state index in [1.54, 1.807) is 19.4 Å². The lowest BCUT2D eigenvalue weighted by Crippen LogP contribution is -2.39. The van der Waals surface area contributed by atoms with Gasteiger partial charge in [0.25, 0.3) is 0 Å². The van der Waals surface area contributed by atoms with E-state index in [9.17, 15) is 13.2 Å². The van der Waals surface area contributed by atoms with Gasteiger partial charge in [0.1, 0.15) is 12.2 Å². The highest BCUT2D eigenvalue weighted by Gasteiger charge is 2.30. The first-order valence-corrected chi connectivity index (χ1v) is 8.41. The zero-order valence-corrected chi connectivity index (χ0v) is 17.9. The molecule has 6 nitrogen and oxygen atoms in total. The van der Waals surface area contributed by atoms with Crippen molar-refractivity contribution in [1.29, 1.82) is 0 Å². The Morgan fingerprint density at radius 3 is 2.75 bits per heavy atom. The predicted octanol–water partition coefficient (Wildman–Crippen LogP) is 2.69. The van der Waals surface area contributed by atoms with Crippen molar-refractivity contribution in [1.82, 2.24) is 25.4 Å². The van der Waals surface area contributed by atoms with Crippen LogP contribution in [0.3, 0.4) is 0 Å². The maximum atomic E-state index is 12.7. The first-order valence-electron chi connectivity index (χ1n) is 8.41. The van der Waals surface area contributed by atoms with Crippen LogP contribution in [0.25, 0.3) is 0 Å². The van der Waals surface area contributed by atoms with E-state index in [2.05, 4.69) is 37.7 Å². The third-order valence-corrected chi connectivity index (χ3v) is 3.65. The lowest BCUT2D eigenvalue weighted by molar-refractivity contribution is -0.137. The summed E-state index contributed by atoms with van der Waals surface area (Å²) in [7, 11) is 1.63. The Labute approximate surface area is 179 Å². The van der Waals surface area contributed by atoms with Crippen molar-refractivity contribution in [2.45, 2.75) is 26.1 Å². The molecule has 2 N–H and O–H groups in total. The molecule has 0 unspecified atom stereocenters. The van der Waals surface area contributed by atoms with E-state index in [-0.39, 0.29) is 30.5 Å². The van der Waals surface area contributed by atoms with E-state index < -0.39 is 11.7 Å². The van der Waals surface area contributed by atoms with Gasteiger partial charge in [0.2, 0.25) is 0 Å². The molecule has 28 heavy (non-hydrogen) atoms. The van der Waals surface area contributed by atoms with Gasteiger partial charge in [0, 0.05) is 32.1 Å². The number of guanidine groups is 1. The molecule has 152 valence electrons. The lowest BCUT2D eigenvalue weighted by Gasteiger charge is -2.10. The Morgan fingerprint density at radius 1 is 1.29 bits per heavy atom. The number of benzene rings is 1.